The Bertz CT molecular complexity index is 761. The Morgan fingerprint density at radius 1 is 1.14 bits per heavy atom. The van der Waals surface area contributed by atoms with Gasteiger partial charge in [-0.1, -0.05) is 30.3 Å². The number of H-pyrrole nitrogens is 1. The second-order valence-corrected chi connectivity index (χ2v) is 4.87. The molecule has 0 aliphatic carbocycles. The minimum Gasteiger partial charge on any atom is -0.399 e. The Kier molecular flexibility index (Phi) is 3.55. The summed E-state index contributed by atoms with van der Waals surface area (Å²) in [6, 6.07) is 15.2. The van der Waals surface area contributed by atoms with Crippen molar-refractivity contribution in [3.8, 4) is 0 Å². The molecule has 0 aliphatic heterocycles. The molecule has 0 radical (unpaired) electrons. The lowest BCUT2D eigenvalue weighted by Crippen LogP contribution is -2.26. The predicted octanol–water partition coefficient (Wildman–Crippen LogP) is 2.12. The first-order chi connectivity index (χ1) is 10.2. The summed E-state index contributed by atoms with van der Waals surface area (Å²) in [4.78, 5) is 12.2. The van der Waals surface area contributed by atoms with Gasteiger partial charge in [-0.25, -0.2) is 0 Å². The van der Waals surface area contributed by atoms with Crippen LogP contribution in [0.3, 0.4) is 0 Å². The van der Waals surface area contributed by atoms with Crippen LogP contribution in [0.2, 0.25) is 0 Å². The molecule has 0 saturated heterocycles. The zero-order chi connectivity index (χ0) is 14.7. The minimum absolute atomic E-state index is 0.164. The van der Waals surface area contributed by atoms with Crippen LogP contribution in [0.1, 0.15) is 16.1 Å². The largest absolute Gasteiger partial charge is 0.399 e. The third-order valence-electron chi connectivity index (χ3n) is 3.36. The zero-order valence-electron chi connectivity index (χ0n) is 11.5. The Labute approximate surface area is 122 Å². The second-order valence-electron chi connectivity index (χ2n) is 4.87. The normalized spacial score (nSPS) is 10.7. The average molecular weight is 280 g/mol. The maximum atomic E-state index is 12.2. The van der Waals surface area contributed by atoms with Gasteiger partial charge < -0.3 is 11.1 Å². The summed E-state index contributed by atoms with van der Waals surface area (Å²) >= 11 is 0. The number of carbonyl (C=O) groups excluding carboxylic acids is 1. The van der Waals surface area contributed by atoms with Gasteiger partial charge >= 0.3 is 0 Å². The van der Waals surface area contributed by atoms with Gasteiger partial charge in [0.25, 0.3) is 5.91 Å². The van der Waals surface area contributed by atoms with Crippen molar-refractivity contribution >= 4 is 22.5 Å². The highest BCUT2D eigenvalue weighted by atomic mass is 16.1. The summed E-state index contributed by atoms with van der Waals surface area (Å²) in [7, 11) is 0. The van der Waals surface area contributed by atoms with E-state index in [4.69, 9.17) is 5.73 Å². The van der Waals surface area contributed by atoms with Gasteiger partial charge in [0.05, 0.1) is 5.52 Å². The fourth-order valence-corrected chi connectivity index (χ4v) is 2.22. The number of nitrogen functional groups attached to an aromatic ring is 1. The van der Waals surface area contributed by atoms with Gasteiger partial charge in [0, 0.05) is 17.6 Å². The number of nitrogens with two attached hydrogens (primary N) is 1. The topological polar surface area (TPSA) is 83.8 Å². The van der Waals surface area contributed by atoms with Gasteiger partial charge in [-0.3, -0.25) is 9.89 Å². The fraction of sp³-hybridized carbons (Fsp3) is 0.125. The summed E-state index contributed by atoms with van der Waals surface area (Å²) in [5, 5.41) is 10.7. The van der Waals surface area contributed by atoms with Gasteiger partial charge in [-0.05, 0) is 30.2 Å². The Hall–Kier alpha value is -2.82. The van der Waals surface area contributed by atoms with E-state index in [-0.39, 0.29) is 5.91 Å². The smallest absolute Gasteiger partial charge is 0.272 e. The van der Waals surface area contributed by atoms with Crippen LogP contribution < -0.4 is 11.1 Å². The first kappa shape index (κ1) is 13.2. The van der Waals surface area contributed by atoms with Crippen LogP contribution in [0.15, 0.2) is 48.5 Å². The van der Waals surface area contributed by atoms with E-state index in [0.717, 1.165) is 28.6 Å². The Morgan fingerprint density at radius 3 is 2.71 bits per heavy atom. The fourth-order valence-electron chi connectivity index (χ4n) is 2.22. The van der Waals surface area contributed by atoms with Gasteiger partial charge in [0.15, 0.2) is 5.69 Å². The number of hydrogen-bond acceptors (Lipinski definition) is 3. The molecular formula is C16H16N4O. The molecule has 2 aromatic carbocycles. The van der Waals surface area contributed by atoms with E-state index in [1.807, 2.05) is 48.5 Å². The number of anilines is 1. The second kappa shape index (κ2) is 5.66. The van der Waals surface area contributed by atoms with Crippen molar-refractivity contribution in [3.63, 3.8) is 0 Å². The van der Waals surface area contributed by atoms with Crippen LogP contribution in [0, 0.1) is 0 Å². The van der Waals surface area contributed by atoms with Crippen molar-refractivity contribution in [2.45, 2.75) is 6.42 Å². The van der Waals surface area contributed by atoms with Crippen LogP contribution in [0.25, 0.3) is 10.9 Å². The van der Waals surface area contributed by atoms with Crippen molar-refractivity contribution in [2.24, 2.45) is 0 Å². The van der Waals surface area contributed by atoms with Gasteiger partial charge in [-0.2, -0.15) is 5.10 Å². The highest BCUT2D eigenvalue weighted by molar-refractivity contribution is 6.04. The maximum absolute atomic E-state index is 12.2. The number of aromatic amines is 1. The summed E-state index contributed by atoms with van der Waals surface area (Å²) in [6.45, 7) is 0.559. The van der Waals surface area contributed by atoms with E-state index in [2.05, 4.69) is 15.5 Å². The molecule has 3 aromatic rings. The lowest BCUT2D eigenvalue weighted by Gasteiger charge is -2.04. The highest BCUT2D eigenvalue weighted by Crippen LogP contribution is 2.14. The summed E-state index contributed by atoms with van der Waals surface area (Å²) in [5.74, 6) is -0.164. The number of benzene rings is 2. The number of amides is 1. The number of aromatic nitrogens is 2. The van der Waals surface area contributed by atoms with Crippen LogP contribution in [-0.4, -0.2) is 22.6 Å². The molecule has 21 heavy (non-hydrogen) atoms. The summed E-state index contributed by atoms with van der Waals surface area (Å²) in [5.41, 5.74) is 8.81. The van der Waals surface area contributed by atoms with Crippen molar-refractivity contribution in [3.05, 3.63) is 59.8 Å². The molecule has 106 valence electrons. The van der Waals surface area contributed by atoms with Crippen molar-refractivity contribution < 1.29 is 4.79 Å². The standard InChI is InChI=1S/C16H16N4O/c17-12-7-5-11(6-8-12)9-10-18-16(21)15-13-3-1-2-4-14(13)19-20-15/h1-8H,9-10,17H2,(H,18,21)(H,19,20). The monoisotopic (exact) mass is 280 g/mol. The third-order valence-corrected chi connectivity index (χ3v) is 3.36. The molecule has 5 heteroatoms. The lowest BCUT2D eigenvalue weighted by atomic mass is 10.1. The number of fused-ring (bicyclic) bond motifs is 1. The molecule has 0 bridgehead atoms. The summed E-state index contributed by atoms with van der Waals surface area (Å²) in [6.07, 6.45) is 0.758. The zero-order valence-corrected chi connectivity index (χ0v) is 11.5. The van der Waals surface area contributed by atoms with E-state index in [1.54, 1.807) is 0 Å². The molecule has 0 atom stereocenters. The molecule has 0 saturated carbocycles. The number of carbonyl (C=O) groups is 1. The first-order valence-corrected chi connectivity index (χ1v) is 6.80. The molecule has 1 heterocycles. The quantitative estimate of drug-likeness (QED) is 0.640. The number of nitrogens with zero attached hydrogens (tertiary/aromatic N) is 1. The molecule has 1 amide bonds. The molecule has 1 aromatic heterocycles. The van der Waals surface area contributed by atoms with Crippen molar-refractivity contribution in [2.75, 3.05) is 12.3 Å². The predicted molar refractivity (Wildman–Crippen MR) is 83.0 cm³/mol. The van der Waals surface area contributed by atoms with E-state index >= 15 is 0 Å². The van der Waals surface area contributed by atoms with E-state index in [1.165, 1.54) is 0 Å². The van der Waals surface area contributed by atoms with Gasteiger partial charge in [-0.15, -0.1) is 0 Å². The third kappa shape index (κ3) is 2.86. The van der Waals surface area contributed by atoms with Crippen LogP contribution in [0.5, 0.6) is 0 Å². The van der Waals surface area contributed by atoms with Gasteiger partial charge in [0.1, 0.15) is 0 Å². The summed E-state index contributed by atoms with van der Waals surface area (Å²) < 4.78 is 0. The molecule has 0 spiro atoms. The average Bonchev–Trinajstić information content (AvgIpc) is 2.93. The molecule has 0 unspecified atom stereocenters. The molecule has 0 aliphatic rings. The number of para-hydroxylation sites is 1. The SMILES string of the molecule is Nc1ccc(CCNC(=O)c2n[nH]c3ccccc23)cc1. The van der Waals surface area contributed by atoms with Gasteiger partial charge in [0.2, 0.25) is 0 Å². The van der Waals surface area contributed by atoms with Crippen molar-refractivity contribution in [1.82, 2.24) is 15.5 Å². The van der Waals surface area contributed by atoms with E-state index < -0.39 is 0 Å². The van der Waals surface area contributed by atoms with E-state index in [9.17, 15) is 4.79 Å². The maximum Gasteiger partial charge on any atom is 0.272 e. The van der Waals surface area contributed by atoms with Crippen molar-refractivity contribution in [1.29, 1.82) is 0 Å². The Balaban J connectivity index is 1.63. The van der Waals surface area contributed by atoms with Crippen LogP contribution in [0.4, 0.5) is 5.69 Å². The molecule has 3 rings (SSSR count). The molecule has 0 fully saturated rings. The lowest BCUT2D eigenvalue weighted by molar-refractivity contribution is 0.0950. The van der Waals surface area contributed by atoms with E-state index in [0.29, 0.717) is 12.2 Å². The Morgan fingerprint density at radius 2 is 1.90 bits per heavy atom. The van der Waals surface area contributed by atoms with Crippen LogP contribution in [-0.2, 0) is 6.42 Å². The molecule has 5 nitrogen and oxygen atoms in total. The van der Waals surface area contributed by atoms with Crippen LogP contribution >= 0.6 is 0 Å². The number of rotatable bonds is 4. The molecular weight excluding hydrogens is 264 g/mol. The first-order valence-electron chi connectivity index (χ1n) is 6.80. The number of hydrogen-bond donors (Lipinski definition) is 3. The number of nitrogens with one attached hydrogen (secondary N) is 2. The minimum atomic E-state index is -0.164. The highest BCUT2D eigenvalue weighted by Gasteiger charge is 2.12. The molecule has 4 N–H and O–H groups in total.